The van der Waals surface area contributed by atoms with E-state index in [0.717, 1.165) is 5.56 Å². The first-order valence-corrected chi connectivity index (χ1v) is 8.48. The van der Waals surface area contributed by atoms with Gasteiger partial charge in [-0.2, -0.15) is 0 Å². The Kier molecular flexibility index (Phi) is 6.56. The summed E-state index contributed by atoms with van der Waals surface area (Å²) in [5.41, 5.74) is 0.929. The summed E-state index contributed by atoms with van der Waals surface area (Å²) in [6.07, 6.45) is 7.44. The van der Waals surface area contributed by atoms with Crippen molar-refractivity contribution in [2.75, 3.05) is 6.54 Å². The van der Waals surface area contributed by atoms with Crippen LogP contribution in [0.5, 0.6) is 0 Å². The molecule has 0 atom stereocenters. The summed E-state index contributed by atoms with van der Waals surface area (Å²) < 4.78 is 22.1. The van der Waals surface area contributed by atoms with Crippen LogP contribution in [0.4, 0.5) is 0 Å². The second-order valence-corrected chi connectivity index (χ2v) is 6.81. The number of unbranched alkanes of at least 4 members (excludes halogenated alkanes) is 1. The summed E-state index contributed by atoms with van der Waals surface area (Å²) in [7, 11) is 1.54. The van der Waals surface area contributed by atoms with E-state index in [0.29, 0.717) is 32.2 Å². The lowest BCUT2D eigenvalue weighted by Crippen LogP contribution is -2.25. The van der Waals surface area contributed by atoms with Crippen molar-refractivity contribution in [2.24, 2.45) is 0 Å². The predicted octanol–water partition coefficient (Wildman–Crippen LogP) is 2.08. The number of hydrogen-bond acceptors (Lipinski definition) is 3. The van der Waals surface area contributed by atoms with E-state index in [2.05, 4.69) is 11.2 Å². The van der Waals surface area contributed by atoms with Crippen molar-refractivity contribution < 1.29 is 13.2 Å². The number of carbonyl (C=O) groups is 1. The molecule has 0 bridgehead atoms. The minimum Gasteiger partial charge on any atom is -0.356 e. The van der Waals surface area contributed by atoms with Gasteiger partial charge in [-0.25, -0.2) is 8.42 Å². The maximum absolute atomic E-state index is 11.4. The van der Waals surface area contributed by atoms with E-state index in [-0.39, 0.29) is 10.8 Å². The second kappa shape index (κ2) is 7.93. The maximum Gasteiger partial charge on any atom is 0.261 e. The van der Waals surface area contributed by atoms with E-state index in [1.165, 1.54) is 12.1 Å². The van der Waals surface area contributed by atoms with Crippen molar-refractivity contribution in [1.82, 2.24) is 5.32 Å². The van der Waals surface area contributed by atoms with Crippen LogP contribution < -0.4 is 5.32 Å². The molecule has 0 aliphatic heterocycles. The molecule has 1 aromatic carbocycles. The summed E-state index contributed by atoms with van der Waals surface area (Å²) in [5, 5.41) is 2.78. The Morgan fingerprint density at radius 2 is 1.95 bits per heavy atom. The zero-order chi connectivity index (χ0) is 15.0. The summed E-state index contributed by atoms with van der Waals surface area (Å²) in [6, 6.07) is 6.26. The normalized spacial score (nSPS) is 10.8. The van der Waals surface area contributed by atoms with Crippen LogP contribution in [0.15, 0.2) is 29.2 Å². The van der Waals surface area contributed by atoms with Gasteiger partial charge in [0.1, 0.15) is 0 Å². The first-order chi connectivity index (χ1) is 9.43. The highest BCUT2D eigenvalue weighted by Crippen LogP contribution is 2.15. The third-order valence-electron chi connectivity index (χ3n) is 2.67. The molecule has 108 valence electrons. The molecule has 0 saturated heterocycles. The van der Waals surface area contributed by atoms with Gasteiger partial charge in [0.05, 0.1) is 4.90 Å². The van der Waals surface area contributed by atoms with Crippen molar-refractivity contribution in [3.63, 3.8) is 0 Å². The highest BCUT2D eigenvalue weighted by Gasteiger charge is 2.08. The SMILES string of the molecule is C#CCCCC(=O)NCCc1ccc(S(=O)(=O)Cl)cc1. The first-order valence-electron chi connectivity index (χ1n) is 6.17. The molecule has 0 fully saturated rings. The molecule has 0 aromatic heterocycles. The topological polar surface area (TPSA) is 63.2 Å². The van der Waals surface area contributed by atoms with E-state index < -0.39 is 9.05 Å². The number of nitrogens with one attached hydrogen (secondary N) is 1. The van der Waals surface area contributed by atoms with Gasteiger partial charge in [-0.1, -0.05) is 12.1 Å². The second-order valence-electron chi connectivity index (χ2n) is 4.24. The summed E-state index contributed by atoms with van der Waals surface area (Å²) in [5.74, 6) is 2.45. The molecular weight excluding hydrogens is 298 g/mol. The van der Waals surface area contributed by atoms with Crippen LogP contribution in [0, 0.1) is 12.3 Å². The van der Waals surface area contributed by atoms with Crippen LogP contribution in [-0.4, -0.2) is 20.9 Å². The Hall–Kier alpha value is -1.51. The molecule has 1 aromatic rings. The summed E-state index contributed by atoms with van der Waals surface area (Å²) in [6.45, 7) is 0.502. The van der Waals surface area contributed by atoms with Crippen molar-refractivity contribution in [1.29, 1.82) is 0 Å². The maximum atomic E-state index is 11.4. The van der Waals surface area contributed by atoms with Crippen molar-refractivity contribution in [3.8, 4) is 12.3 Å². The van der Waals surface area contributed by atoms with Crippen LogP contribution in [0.1, 0.15) is 24.8 Å². The fourth-order valence-electron chi connectivity index (χ4n) is 1.60. The van der Waals surface area contributed by atoms with Gasteiger partial charge in [-0.15, -0.1) is 12.3 Å². The average Bonchev–Trinajstić information content (AvgIpc) is 2.38. The highest BCUT2D eigenvalue weighted by atomic mass is 35.7. The molecule has 0 spiro atoms. The van der Waals surface area contributed by atoms with Gasteiger partial charge in [-0.05, 0) is 30.5 Å². The molecule has 0 saturated carbocycles. The van der Waals surface area contributed by atoms with E-state index in [1.807, 2.05) is 0 Å². The fourth-order valence-corrected chi connectivity index (χ4v) is 2.37. The largest absolute Gasteiger partial charge is 0.356 e. The standard InChI is InChI=1S/C14H16ClNO3S/c1-2-3-4-5-14(17)16-11-10-12-6-8-13(9-7-12)20(15,18)19/h1,6-9H,3-5,10-11H2,(H,16,17). The number of terminal acetylenes is 1. The Bertz CT molecular complexity index is 588. The summed E-state index contributed by atoms with van der Waals surface area (Å²) >= 11 is 0. The van der Waals surface area contributed by atoms with Crippen molar-refractivity contribution in [3.05, 3.63) is 29.8 Å². The van der Waals surface area contributed by atoms with Gasteiger partial charge in [0.2, 0.25) is 5.91 Å². The Labute approximate surface area is 123 Å². The molecule has 1 N–H and O–H groups in total. The van der Waals surface area contributed by atoms with Crippen molar-refractivity contribution in [2.45, 2.75) is 30.6 Å². The average molecular weight is 314 g/mol. The lowest BCUT2D eigenvalue weighted by Gasteiger charge is -2.05. The predicted molar refractivity (Wildman–Crippen MR) is 78.9 cm³/mol. The molecule has 1 amide bonds. The fraction of sp³-hybridized carbons (Fsp3) is 0.357. The van der Waals surface area contributed by atoms with E-state index in [9.17, 15) is 13.2 Å². The molecular formula is C14H16ClNO3S. The van der Waals surface area contributed by atoms with E-state index in [4.69, 9.17) is 17.1 Å². The van der Waals surface area contributed by atoms with Crippen LogP contribution in [-0.2, 0) is 20.3 Å². The molecule has 0 aliphatic rings. The van der Waals surface area contributed by atoms with Gasteiger partial charge in [0.15, 0.2) is 0 Å². The van der Waals surface area contributed by atoms with E-state index in [1.54, 1.807) is 12.1 Å². The number of carbonyl (C=O) groups excluding carboxylic acids is 1. The third-order valence-corrected chi connectivity index (χ3v) is 4.04. The number of halogens is 1. The molecule has 20 heavy (non-hydrogen) atoms. The Balaban J connectivity index is 2.36. The molecule has 0 aliphatic carbocycles. The van der Waals surface area contributed by atoms with Crippen LogP contribution in [0.3, 0.4) is 0 Å². The summed E-state index contributed by atoms with van der Waals surface area (Å²) in [4.78, 5) is 11.5. The van der Waals surface area contributed by atoms with Gasteiger partial charge in [0.25, 0.3) is 9.05 Å². The first kappa shape index (κ1) is 16.5. The molecule has 0 radical (unpaired) electrons. The molecule has 1 rings (SSSR count). The number of amides is 1. The molecule has 0 unspecified atom stereocenters. The van der Waals surface area contributed by atoms with Gasteiger partial charge in [0, 0.05) is 30.1 Å². The Morgan fingerprint density at radius 1 is 1.30 bits per heavy atom. The quantitative estimate of drug-likeness (QED) is 0.476. The zero-order valence-electron chi connectivity index (χ0n) is 10.9. The minimum absolute atomic E-state index is 0.0276. The molecule has 4 nitrogen and oxygen atoms in total. The van der Waals surface area contributed by atoms with Crippen LogP contribution in [0.2, 0.25) is 0 Å². The lowest BCUT2D eigenvalue weighted by molar-refractivity contribution is -0.121. The van der Waals surface area contributed by atoms with Gasteiger partial charge >= 0.3 is 0 Å². The molecule has 0 heterocycles. The zero-order valence-corrected chi connectivity index (χ0v) is 12.5. The van der Waals surface area contributed by atoms with Crippen molar-refractivity contribution >= 4 is 25.6 Å². The van der Waals surface area contributed by atoms with Gasteiger partial charge < -0.3 is 5.32 Å². The van der Waals surface area contributed by atoms with Crippen LogP contribution >= 0.6 is 10.7 Å². The third kappa shape index (κ3) is 6.09. The van der Waals surface area contributed by atoms with E-state index >= 15 is 0 Å². The van der Waals surface area contributed by atoms with Gasteiger partial charge in [-0.3, -0.25) is 4.79 Å². The Morgan fingerprint density at radius 3 is 2.50 bits per heavy atom. The number of rotatable bonds is 7. The minimum atomic E-state index is -3.68. The monoisotopic (exact) mass is 313 g/mol. The smallest absolute Gasteiger partial charge is 0.261 e. The van der Waals surface area contributed by atoms with Crippen LogP contribution in [0.25, 0.3) is 0 Å². The molecule has 6 heteroatoms. The number of benzene rings is 1. The lowest BCUT2D eigenvalue weighted by atomic mass is 10.1. The highest BCUT2D eigenvalue weighted by molar-refractivity contribution is 8.13. The number of hydrogen-bond donors (Lipinski definition) is 1.